The summed E-state index contributed by atoms with van der Waals surface area (Å²) in [5, 5.41) is 0.785. The van der Waals surface area contributed by atoms with Crippen molar-refractivity contribution >= 4 is 11.0 Å². The number of benzene rings is 1. The van der Waals surface area contributed by atoms with Crippen LogP contribution in [0.15, 0.2) is 65.7 Å². The summed E-state index contributed by atoms with van der Waals surface area (Å²) in [6.07, 6.45) is -1.22. The van der Waals surface area contributed by atoms with Crippen LogP contribution in [0.1, 0.15) is 5.56 Å². The molecule has 0 unspecified atom stereocenters. The van der Waals surface area contributed by atoms with Crippen molar-refractivity contribution in [3.8, 4) is 22.4 Å². The van der Waals surface area contributed by atoms with E-state index in [2.05, 4.69) is 15.0 Å². The summed E-state index contributed by atoms with van der Waals surface area (Å²) in [6.45, 7) is 0. The van der Waals surface area contributed by atoms with E-state index >= 15 is 0 Å². The van der Waals surface area contributed by atoms with Crippen LogP contribution in [-0.2, 0) is 6.18 Å². The minimum absolute atomic E-state index is 0.0710. The molecule has 0 saturated carbocycles. The molecule has 0 saturated heterocycles. The average molecular weight is 355 g/mol. The van der Waals surface area contributed by atoms with Gasteiger partial charge in [0.15, 0.2) is 0 Å². The lowest BCUT2D eigenvalue weighted by atomic mass is 9.99. The maximum atomic E-state index is 13.3. The van der Waals surface area contributed by atoms with Crippen LogP contribution in [0.5, 0.6) is 0 Å². The summed E-state index contributed by atoms with van der Waals surface area (Å²) < 4.78 is 40.0. The number of pyridine rings is 2. The molecule has 7 heteroatoms. The second-order valence-electron chi connectivity index (χ2n) is 5.79. The first-order chi connectivity index (χ1) is 12.4. The van der Waals surface area contributed by atoms with Gasteiger partial charge in [-0.05, 0) is 35.4 Å². The number of H-pyrrole nitrogens is 2. The van der Waals surface area contributed by atoms with Crippen molar-refractivity contribution in [2.75, 3.05) is 0 Å². The highest BCUT2D eigenvalue weighted by Crippen LogP contribution is 2.37. The predicted octanol–water partition coefficient (Wildman–Crippen LogP) is 4.60. The summed E-state index contributed by atoms with van der Waals surface area (Å²) in [5.74, 6) is 0. The number of nitrogens with one attached hydrogen (secondary N) is 2. The summed E-state index contributed by atoms with van der Waals surface area (Å²) >= 11 is 0. The molecule has 0 spiro atoms. The van der Waals surface area contributed by atoms with Crippen molar-refractivity contribution in [1.29, 1.82) is 0 Å². The van der Waals surface area contributed by atoms with Gasteiger partial charge in [0.1, 0.15) is 5.65 Å². The van der Waals surface area contributed by atoms with E-state index in [1.807, 2.05) is 6.07 Å². The van der Waals surface area contributed by atoms with Crippen LogP contribution in [0.2, 0.25) is 0 Å². The molecule has 0 radical (unpaired) electrons. The molecule has 0 bridgehead atoms. The van der Waals surface area contributed by atoms with Gasteiger partial charge in [-0.25, -0.2) is 4.98 Å². The maximum Gasteiger partial charge on any atom is 0.417 e. The Bertz CT molecular complexity index is 1160. The number of alkyl halides is 3. The molecule has 1 aromatic carbocycles. The lowest BCUT2D eigenvalue weighted by Gasteiger charge is -2.13. The number of rotatable bonds is 2. The van der Waals surface area contributed by atoms with Crippen molar-refractivity contribution in [3.63, 3.8) is 0 Å². The maximum absolute atomic E-state index is 13.3. The molecule has 26 heavy (non-hydrogen) atoms. The molecule has 4 rings (SSSR count). The van der Waals surface area contributed by atoms with Gasteiger partial charge >= 0.3 is 6.18 Å². The molecule has 3 aromatic heterocycles. The van der Waals surface area contributed by atoms with E-state index in [-0.39, 0.29) is 11.3 Å². The van der Waals surface area contributed by atoms with Gasteiger partial charge < -0.3 is 9.97 Å². The average Bonchev–Trinajstić information content (AvgIpc) is 3.09. The van der Waals surface area contributed by atoms with Gasteiger partial charge in [-0.3, -0.25) is 4.79 Å². The fourth-order valence-corrected chi connectivity index (χ4v) is 3.02. The van der Waals surface area contributed by atoms with Gasteiger partial charge in [0.05, 0.1) is 5.56 Å². The second-order valence-corrected chi connectivity index (χ2v) is 5.79. The van der Waals surface area contributed by atoms with Gasteiger partial charge in [-0.1, -0.05) is 18.2 Å². The van der Waals surface area contributed by atoms with E-state index in [1.54, 1.807) is 24.5 Å². The Labute approximate surface area is 145 Å². The molecule has 4 nitrogen and oxygen atoms in total. The Morgan fingerprint density at radius 2 is 1.77 bits per heavy atom. The first kappa shape index (κ1) is 16.1. The Kier molecular flexibility index (Phi) is 3.64. The van der Waals surface area contributed by atoms with Gasteiger partial charge in [0.25, 0.3) is 0 Å². The number of nitrogens with zero attached hydrogens (tertiary/aromatic N) is 1. The van der Waals surface area contributed by atoms with E-state index < -0.39 is 17.3 Å². The Balaban J connectivity index is 1.95. The van der Waals surface area contributed by atoms with Crippen LogP contribution in [0.3, 0.4) is 0 Å². The number of halogens is 3. The van der Waals surface area contributed by atoms with Crippen molar-refractivity contribution < 1.29 is 13.2 Å². The van der Waals surface area contributed by atoms with Crippen molar-refractivity contribution in [3.05, 3.63) is 76.8 Å². The number of hydrogen-bond donors (Lipinski definition) is 2. The lowest BCUT2D eigenvalue weighted by Crippen LogP contribution is -2.10. The summed E-state index contributed by atoms with van der Waals surface area (Å²) in [5.41, 5.74) is 0.643. The highest BCUT2D eigenvalue weighted by molar-refractivity contribution is 5.93. The van der Waals surface area contributed by atoms with Crippen molar-refractivity contribution in [2.24, 2.45) is 0 Å². The number of aromatic nitrogens is 3. The summed E-state index contributed by atoms with van der Waals surface area (Å²) in [7, 11) is 0. The van der Waals surface area contributed by atoms with E-state index in [0.29, 0.717) is 16.8 Å². The minimum atomic E-state index is -4.52. The third-order valence-corrected chi connectivity index (χ3v) is 4.14. The molecular formula is C19H12F3N3O. The van der Waals surface area contributed by atoms with Crippen LogP contribution in [-0.4, -0.2) is 15.0 Å². The van der Waals surface area contributed by atoms with E-state index in [0.717, 1.165) is 11.5 Å². The van der Waals surface area contributed by atoms with Gasteiger partial charge in [0, 0.05) is 35.1 Å². The first-order valence-corrected chi connectivity index (χ1v) is 7.77. The third kappa shape index (κ3) is 2.77. The number of fused-ring (bicyclic) bond motifs is 1. The third-order valence-electron chi connectivity index (χ3n) is 4.14. The zero-order valence-corrected chi connectivity index (χ0v) is 13.3. The SMILES string of the molecule is O=c1cc(-c2ccnc3[nH]ccc23)cc(-c2ccccc2C(F)(F)F)[nH]1. The Hall–Kier alpha value is -3.35. The smallest absolute Gasteiger partial charge is 0.346 e. The van der Waals surface area contributed by atoms with Crippen LogP contribution >= 0.6 is 0 Å². The summed E-state index contributed by atoms with van der Waals surface area (Å²) in [6, 6.07) is 11.6. The lowest BCUT2D eigenvalue weighted by molar-refractivity contribution is -0.137. The highest BCUT2D eigenvalue weighted by Gasteiger charge is 2.33. The van der Waals surface area contributed by atoms with Gasteiger partial charge in [-0.15, -0.1) is 0 Å². The molecule has 0 aliphatic carbocycles. The first-order valence-electron chi connectivity index (χ1n) is 7.77. The van der Waals surface area contributed by atoms with E-state index in [4.69, 9.17) is 0 Å². The molecule has 130 valence electrons. The fourth-order valence-electron chi connectivity index (χ4n) is 3.02. The van der Waals surface area contributed by atoms with Crippen LogP contribution in [0.4, 0.5) is 13.2 Å². The second kappa shape index (κ2) is 5.87. The molecule has 0 amide bonds. The predicted molar refractivity (Wildman–Crippen MR) is 92.6 cm³/mol. The quantitative estimate of drug-likeness (QED) is 0.552. The Morgan fingerprint density at radius 3 is 2.58 bits per heavy atom. The zero-order chi connectivity index (χ0) is 18.3. The number of hydrogen-bond acceptors (Lipinski definition) is 2. The standard InChI is InChI=1S/C19H12F3N3O/c20-19(21,22)15-4-2-1-3-14(15)16-9-11(10-17(26)25-16)12-5-7-23-18-13(12)6-8-24-18/h1-10H,(H,23,24)(H,25,26). The fraction of sp³-hybridized carbons (Fsp3) is 0.0526. The van der Waals surface area contributed by atoms with Gasteiger partial charge in [0.2, 0.25) is 5.56 Å². The molecule has 0 atom stereocenters. The summed E-state index contributed by atoms with van der Waals surface area (Å²) in [4.78, 5) is 21.8. The number of aromatic amines is 2. The normalized spacial score (nSPS) is 11.8. The Morgan fingerprint density at radius 1 is 0.962 bits per heavy atom. The largest absolute Gasteiger partial charge is 0.417 e. The zero-order valence-electron chi connectivity index (χ0n) is 13.3. The van der Waals surface area contributed by atoms with Gasteiger partial charge in [-0.2, -0.15) is 13.2 Å². The minimum Gasteiger partial charge on any atom is -0.346 e. The van der Waals surface area contributed by atoms with Crippen molar-refractivity contribution in [2.45, 2.75) is 6.18 Å². The van der Waals surface area contributed by atoms with Crippen molar-refractivity contribution in [1.82, 2.24) is 15.0 Å². The topological polar surface area (TPSA) is 61.5 Å². The highest BCUT2D eigenvalue weighted by atomic mass is 19.4. The molecule has 0 aliphatic heterocycles. The molecule has 0 aliphatic rings. The molecule has 2 N–H and O–H groups in total. The molecule has 4 aromatic rings. The van der Waals surface area contributed by atoms with E-state index in [1.165, 1.54) is 24.3 Å². The van der Waals surface area contributed by atoms with Crippen LogP contribution in [0.25, 0.3) is 33.4 Å². The van der Waals surface area contributed by atoms with Crippen LogP contribution in [0, 0.1) is 0 Å². The van der Waals surface area contributed by atoms with E-state index in [9.17, 15) is 18.0 Å². The molecule has 0 fully saturated rings. The van der Waals surface area contributed by atoms with Crippen LogP contribution < -0.4 is 5.56 Å². The molecule has 3 heterocycles. The monoisotopic (exact) mass is 355 g/mol. The molecular weight excluding hydrogens is 343 g/mol.